The topological polar surface area (TPSA) is 40.6 Å². The van der Waals surface area contributed by atoms with E-state index in [1.54, 1.807) is 4.90 Å². The molecule has 0 spiro atoms. The number of alkyl halides is 3. The van der Waals surface area contributed by atoms with E-state index in [1.807, 2.05) is 7.05 Å². The Morgan fingerprint density at radius 3 is 2.06 bits per heavy atom. The molecule has 0 atom stereocenters. The zero-order chi connectivity index (χ0) is 12.4. The van der Waals surface area contributed by atoms with Gasteiger partial charge in [-0.05, 0) is 7.05 Å². The van der Waals surface area contributed by atoms with Crippen molar-refractivity contribution in [1.82, 2.24) is 9.80 Å². The highest BCUT2D eigenvalue weighted by molar-refractivity contribution is 7.92. The zero-order valence-electron chi connectivity index (χ0n) is 9.00. The maximum absolute atomic E-state index is 12.0. The number of rotatable bonds is 3. The maximum atomic E-state index is 12.0. The Kier molecular flexibility index (Phi) is 4.19. The second-order valence-electron chi connectivity index (χ2n) is 3.91. The van der Waals surface area contributed by atoms with E-state index in [0.717, 1.165) is 13.1 Å². The molecule has 1 saturated heterocycles. The van der Waals surface area contributed by atoms with E-state index in [9.17, 15) is 21.6 Å². The van der Waals surface area contributed by atoms with Crippen LogP contribution >= 0.6 is 0 Å². The van der Waals surface area contributed by atoms with Crippen molar-refractivity contribution in [3.63, 3.8) is 0 Å². The van der Waals surface area contributed by atoms with Gasteiger partial charge in [0.25, 0.3) is 0 Å². The lowest BCUT2D eigenvalue weighted by atomic mass is 10.3. The molecule has 16 heavy (non-hydrogen) atoms. The predicted octanol–water partition coefficient (Wildman–Crippen LogP) is 0.168. The molecule has 0 aromatic carbocycles. The van der Waals surface area contributed by atoms with Crippen molar-refractivity contribution in [2.45, 2.75) is 5.51 Å². The third-order valence-corrected chi connectivity index (χ3v) is 4.05. The molecule has 0 aromatic heterocycles. The number of hydrogen-bond acceptors (Lipinski definition) is 4. The van der Waals surface area contributed by atoms with Gasteiger partial charge in [0.2, 0.25) is 9.84 Å². The van der Waals surface area contributed by atoms with Gasteiger partial charge >= 0.3 is 5.51 Å². The number of hydrogen-bond donors (Lipinski definition) is 0. The fraction of sp³-hybridized carbons (Fsp3) is 1.00. The monoisotopic (exact) mass is 260 g/mol. The molecule has 0 aliphatic carbocycles. The summed E-state index contributed by atoms with van der Waals surface area (Å²) in [5.74, 6) is -0.847. The Labute approximate surface area is 92.9 Å². The van der Waals surface area contributed by atoms with Crippen molar-refractivity contribution in [2.24, 2.45) is 0 Å². The number of sulfone groups is 1. The third kappa shape index (κ3) is 3.60. The lowest BCUT2D eigenvalue weighted by molar-refractivity contribution is -0.0437. The molecule has 96 valence electrons. The first kappa shape index (κ1) is 13.7. The molecule has 0 bridgehead atoms. The van der Waals surface area contributed by atoms with Gasteiger partial charge in [-0.15, -0.1) is 0 Å². The molecule has 0 radical (unpaired) electrons. The van der Waals surface area contributed by atoms with Gasteiger partial charge in [-0.25, -0.2) is 8.42 Å². The molecule has 1 heterocycles. The van der Waals surface area contributed by atoms with Crippen LogP contribution in [0.15, 0.2) is 0 Å². The molecule has 0 saturated carbocycles. The maximum Gasteiger partial charge on any atom is 0.497 e. The molecule has 4 nitrogen and oxygen atoms in total. The number of nitrogens with zero attached hydrogens (tertiary/aromatic N) is 2. The van der Waals surface area contributed by atoms with E-state index in [4.69, 9.17) is 0 Å². The van der Waals surface area contributed by atoms with Crippen LogP contribution in [0.3, 0.4) is 0 Å². The van der Waals surface area contributed by atoms with Crippen LogP contribution in [0.1, 0.15) is 0 Å². The smallest absolute Gasteiger partial charge is 0.304 e. The summed E-state index contributed by atoms with van der Waals surface area (Å²) in [7, 11) is -3.05. The minimum absolute atomic E-state index is 0.0459. The van der Waals surface area contributed by atoms with Crippen LogP contribution in [0.2, 0.25) is 0 Å². The molecule has 8 heteroatoms. The van der Waals surface area contributed by atoms with E-state index in [1.165, 1.54) is 0 Å². The highest BCUT2D eigenvalue weighted by atomic mass is 32.2. The summed E-state index contributed by atoms with van der Waals surface area (Å²) in [6.07, 6.45) is 0. The van der Waals surface area contributed by atoms with Crippen molar-refractivity contribution >= 4 is 9.84 Å². The van der Waals surface area contributed by atoms with E-state index in [0.29, 0.717) is 13.1 Å². The van der Waals surface area contributed by atoms with E-state index >= 15 is 0 Å². The largest absolute Gasteiger partial charge is 0.497 e. The average Bonchev–Trinajstić information content (AvgIpc) is 2.15. The Morgan fingerprint density at radius 1 is 1.12 bits per heavy atom. The number of likely N-dealkylation sites (N-methyl/N-ethyl adjacent to an activating group) is 1. The SMILES string of the molecule is CN1CCN(CCS(=O)(=O)C(F)(F)F)CC1. The summed E-state index contributed by atoms with van der Waals surface area (Å²) < 4.78 is 57.7. The molecule has 0 amide bonds. The first-order valence-corrected chi connectivity index (χ1v) is 6.57. The summed E-state index contributed by atoms with van der Waals surface area (Å²) in [5, 5.41) is 0. The first-order valence-electron chi connectivity index (χ1n) is 4.92. The highest BCUT2D eigenvalue weighted by Gasteiger charge is 2.45. The summed E-state index contributed by atoms with van der Waals surface area (Å²) in [5.41, 5.74) is -5.13. The summed E-state index contributed by atoms with van der Waals surface area (Å²) >= 11 is 0. The van der Waals surface area contributed by atoms with Gasteiger partial charge < -0.3 is 4.90 Å². The lowest BCUT2D eigenvalue weighted by Crippen LogP contribution is -2.46. The molecular formula is C8H15F3N2O2S. The van der Waals surface area contributed by atoms with Gasteiger partial charge in [0, 0.05) is 32.7 Å². The van der Waals surface area contributed by atoms with Gasteiger partial charge in [0.05, 0.1) is 5.75 Å². The van der Waals surface area contributed by atoms with Crippen LogP contribution in [0.25, 0.3) is 0 Å². The Bertz CT molecular complexity index is 321. The Morgan fingerprint density at radius 2 is 1.62 bits per heavy atom. The summed E-state index contributed by atoms with van der Waals surface area (Å²) in [6.45, 7) is 2.70. The molecule has 1 rings (SSSR count). The van der Waals surface area contributed by atoms with Gasteiger partial charge in [-0.2, -0.15) is 13.2 Å². The zero-order valence-corrected chi connectivity index (χ0v) is 9.81. The fourth-order valence-corrected chi connectivity index (χ4v) is 2.17. The van der Waals surface area contributed by atoms with Gasteiger partial charge in [-0.3, -0.25) is 4.90 Å². The standard InChI is InChI=1S/C8H15F3N2O2S/c1-12-2-4-13(5-3-12)6-7-16(14,15)8(9,10)11/h2-7H2,1H3. The normalized spacial score (nSPS) is 21.2. The molecule has 1 fully saturated rings. The van der Waals surface area contributed by atoms with Crippen molar-refractivity contribution < 1.29 is 21.6 Å². The second kappa shape index (κ2) is 4.89. The quantitative estimate of drug-likeness (QED) is 0.725. The van der Waals surface area contributed by atoms with Crippen LogP contribution in [-0.2, 0) is 9.84 Å². The average molecular weight is 260 g/mol. The van der Waals surface area contributed by atoms with Crippen molar-refractivity contribution in [3.8, 4) is 0 Å². The highest BCUT2D eigenvalue weighted by Crippen LogP contribution is 2.23. The number of piperazine rings is 1. The van der Waals surface area contributed by atoms with Crippen molar-refractivity contribution in [3.05, 3.63) is 0 Å². The molecule has 1 aliphatic rings. The van der Waals surface area contributed by atoms with Crippen molar-refractivity contribution in [1.29, 1.82) is 0 Å². The minimum Gasteiger partial charge on any atom is -0.304 e. The summed E-state index contributed by atoms with van der Waals surface area (Å²) in [4.78, 5) is 3.79. The molecule has 1 aliphatic heterocycles. The number of halogens is 3. The first-order chi connectivity index (χ1) is 7.22. The Balaban J connectivity index is 2.41. The third-order valence-electron chi connectivity index (χ3n) is 2.62. The van der Waals surface area contributed by atoms with Crippen LogP contribution in [-0.4, -0.2) is 69.3 Å². The van der Waals surface area contributed by atoms with Gasteiger partial charge in [-0.1, -0.05) is 0 Å². The van der Waals surface area contributed by atoms with Crippen LogP contribution in [0, 0.1) is 0 Å². The Hall–Kier alpha value is -0.340. The van der Waals surface area contributed by atoms with E-state index in [2.05, 4.69) is 4.90 Å². The fourth-order valence-electron chi connectivity index (χ4n) is 1.44. The van der Waals surface area contributed by atoms with E-state index < -0.39 is 21.1 Å². The van der Waals surface area contributed by atoms with Crippen molar-refractivity contribution in [2.75, 3.05) is 45.5 Å². The van der Waals surface area contributed by atoms with Crippen LogP contribution in [0.5, 0.6) is 0 Å². The summed E-state index contributed by atoms with van der Waals surface area (Å²) in [6, 6.07) is 0. The molecule has 0 unspecified atom stereocenters. The second-order valence-corrected chi connectivity index (χ2v) is 6.01. The molecular weight excluding hydrogens is 245 g/mol. The molecule has 0 aromatic rings. The van der Waals surface area contributed by atoms with Gasteiger partial charge in [0.1, 0.15) is 0 Å². The minimum atomic E-state index is -5.13. The lowest BCUT2D eigenvalue weighted by Gasteiger charge is -2.32. The van der Waals surface area contributed by atoms with Crippen LogP contribution in [0.4, 0.5) is 13.2 Å². The van der Waals surface area contributed by atoms with Crippen LogP contribution < -0.4 is 0 Å². The van der Waals surface area contributed by atoms with E-state index in [-0.39, 0.29) is 6.54 Å². The van der Waals surface area contributed by atoms with Gasteiger partial charge in [0.15, 0.2) is 0 Å². The predicted molar refractivity (Wildman–Crippen MR) is 53.8 cm³/mol. The molecule has 0 N–H and O–H groups in total.